The first-order valence-corrected chi connectivity index (χ1v) is 11.1. The number of aromatic nitrogens is 2. The summed E-state index contributed by atoms with van der Waals surface area (Å²) in [5, 5.41) is 14.6. The molecule has 3 aromatic rings. The van der Waals surface area contributed by atoms with Gasteiger partial charge in [0.05, 0.1) is 17.7 Å². The third kappa shape index (κ3) is 5.30. The van der Waals surface area contributed by atoms with E-state index in [9.17, 15) is 18.3 Å². The number of benzene rings is 1. The van der Waals surface area contributed by atoms with Crippen molar-refractivity contribution < 1.29 is 27.2 Å². The molecule has 0 saturated heterocycles. The maximum Gasteiger partial charge on any atom is 0.348 e. The van der Waals surface area contributed by atoms with Gasteiger partial charge in [-0.1, -0.05) is 17.3 Å². The number of aliphatic imine (C=N–C) groups is 1. The van der Waals surface area contributed by atoms with Crippen molar-refractivity contribution in [3.8, 4) is 5.75 Å². The number of methoxy groups -OCH3 is 1. The fourth-order valence-corrected chi connectivity index (χ4v) is 3.36. The van der Waals surface area contributed by atoms with Gasteiger partial charge in [0.15, 0.2) is 5.82 Å². The number of sulfone groups is 1. The van der Waals surface area contributed by atoms with Crippen molar-refractivity contribution in [3.05, 3.63) is 52.0 Å². The highest BCUT2D eigenvalue weighted by Crippen LogP contribution is 2.26. The first-order chi connectivity index (χ1) is 14.3. The molecule has 10 nitrogen and oxygen atoms in total. The van der Waals surface area contributed by atoms with Crippen LogP contribution in [0.3, 0.4) is 0 Å². The zero-order chi connectivity index (χ0) is 21.7. The molecular weight excluding hydrogens is 414 g/mol. The van der Waals surface area contributed by atoms with Gasteiger partial charge in [0, 0.05) is 26.0 Å². The largest absolute Gasteiger partial charge is 0.506 e. The second-order valence-electron chi connectivity index (χ2n) is 6.65. The number of rotatable bonds is 9. The van der Waals surface area contributed by atoms with E-state index in [1.54, 1.807) is 31.4 Å². The highest BCUT2D eigenvalue weighted by molar-refractivity contribution is 7.90. The number of nitrogens with zero attached hydrogens (tertiary/aromatic N) is 3. The predicted octanol–water partition coefficient (Wildman–Crippen LogP) is 1.67. The average Bonchev–Trinajstić information content (AvgIpc) is 3.16. The number of para-hydroxylation sites is 1. The third-order valence-corrected chi connectivity index (χ3v) is 5.24. The Bertz CT molecular complexity index is 1210. The number of fused-ring (bicyclic) bond motifs is 1. The van der Waals surface area contributed by atoms with Crippen LogP contribution in [0.15, 0.2) is 43.0 Å². The monoisotopic (exact) mass is 435 g/mol. The molecule has 0 fully saturated rings. The zero-order valence-corrected chi connectivity index (χ0v) is 17.3. The highest BCUT2D eigenvalue weighted by Gasteiger charge is 2.21. The fraction of sp³-hybridized carbons (Fsp3) is 0.368. The first kappa shape index (κ1) is 21.7. The lowest BCUT2D eigenvalue weighted by molar-refractivity contribution is 0.199. The molecule has 2 aromatic heterocycles. The summed E-state index contributed by atoms with van der Waals surface area (Å²) in [5.74, 6) is 0.0345. The van der Waals surface area contributed by atoms with E-state index in [1.165, 1.54) is 0 Å². The molecule has 2 heterocycles. The lowest BCUT2D eigenvalue weighted by atomic mass is 10.1. The molecule has 1 N–H and O–H groups in total. The maximum atomic E-state index is 12.3. The smallest absolute Gasteiger partial charge is 0.348 e. The second kappa shape index (κ2) is 9.18. The van der Waals surface area contributed by atoms with Crippen LogP contribution in [0.2, 0.25) is 0 Å². The van der Waals surface area contributed by atoms with Crippen LogP contribution >= 0.6 is 0 Å². The molecule has 11 heteroatoms. The van der Waals surface area contributed by atoms with E-state index in [1.807, 2.05) is 0 Å². The second-order valence-corrected chi connectivity index (χ2v) is 8.91. The van der Waals surface area contributed by atoms with Gasteiger partial charge in [-0.2, -0.15) is 4.98 Å². The Morgan fingerprint density at radius 1 is 1.33 bits per heavy atom. The number of aromatic hydroxyl groups is 1. The molecule has 0 aliphatic rings. The number of hydrogen-bond donors (Lipinski definition) is 1. The lowest BCUT2D eigenvalue weighted by Crippen LogP contribution is -2.11. The minimum absolute atomic E-state index is 0.0565. The molecule has 0 radical (unpaired) electrons. The maximum absolute atomic E-state index is 12.3. The number of ether oxygens (including phenoxy) is 1. The molecule has 0 spiro atoms. The van der Waals surface area contributed by atoms with Crippen LogP contribution in [0, 0.1) is 0 Å². The summed E-state index contributed by atoms with van der Waals surface area (Å²) in [6.07, 6.45) is 2.72. The molecule has 30 heavy (non-hydrogen) atoms. The Kier molecular flexibility index (Phi) is 6.63. The molecule has 0 amide bonds. The molecule has 1 atom stereocenters. The normalized spacial score (nSPS) is 13.3. The molecule has 1 aromatic carbocycles. The molecule has 0 bridgehead atoms. The summed E-state index contributed by atoms with van der Waals surface area (Å²) in [6.45, 7) is 0.391. The van der Waals surface area contributed by atoms with Gasteiger partial charge < -0.3 is 18.8 Å². The minimum atomic E-state index is -3.28. The summed E-state index contributed by atoms with van der Waals surface area (Å²) in [4.78, 5) is 20.7. The van der Waals surface area contributed by atoms with Crippen LogP contribution in [0.1, 0.15) is 29.7 Å². The minimum Gasteiger partial charge on any atom is -0.506 e. The van der Waals surface area contributed by atoms with Gasteiger partial charge in [-0.15, -0.1) is 0 Å². The lowest BCUT2D eigenvalue weighted by Gasteiger charge is -2.07. The summed E-state index contributed by atoms with van der Waals surface area (Å²) < 4.78 is 38.6. The van der Waals surface area contributed by atoms with Crippen LogP contribution in [-0.2, 0) is 21.0 Å². The quantitative estimate of drug-likeness (QED) is 0.392. The van der Waals surface area contributed by atoms with Gasteiger partial charge in [0.2, 0.25) is 0 Å². The van der Waals surface area contributed by atoms with Crippen molar-refractivity contribution in [2.45, 2.75) is 18.9 Å². The summed E-state index contributed by atoms with van der Waals surface area (Å²) >= 11 is 0. The molecule has 0 aliphatic heterocycles. The van der Waals surface area contributed by atoms with E-state index in [0.717, 1.165) is 12.5 Å². The Morgan fingerprint density at radius 2 is 2.10 bits per heavy atom. The van der Waals surface area contributed by atoms with E-state index in [-0.39, 0.29) is 35.0 Å². The van der Waals surface area contributed by atoms with Gasteiger partial charge >= 0.3 is 5.63 Å². The van der Waals surface area contributed by atoms with Gasteiger partial charge in [-0.25, -0.2) is 13.2 Å². The zero-order valence-electron chi connectivity index (χ0n) is 16.4. The highest BCUT2D eigenvalue weighted by atomic mass is 32.2. The van der Waals surface area contributed by atoms with Crippen molar-refractivity contribution in [2.24, 2.45) is 4.99 Å². The Morgan fingerprint density at radius 3 is 2.83 bits per heavy atom. The van der Waals surface area contributed by atoms with Gasteiger partial charge in [-0.3, -0.25) is 4.99 Å². The molecule has 160 valence electrons. The van der Waals surface area contributed by atoms with E-state index in [2.05, 4.69) is 15.1 Å². The van der Waals surface area contributed by atoms with E-state index in [4.69, 9.17) is 13.7 Å². The Balaban J connectivity index is 1.94. The standard InChI is InChI=1S/C19H21N3O7S/c1-27-9-7-16-21-18(29-22-16)14(8-10-30(2,25)26)20-11-13-17(23)12-5-3-4-6-15(12)28-19(13)24/h3-6,11,14,23H,7-10H2,1-2H3. The summed E-state index contributed by atoms with van der Waals surface area (Å²) in [6, 6.07) is 5.71. The van der Waals surface area contributed by atoms with E-state index < -0.39 is 21.5 Å². The molecule has 1 unspecified atom stereocenters. The Hall–Kier alpha value is -3.05. The topological polar surface area (TPSA) is 145 Å². The van der Waals surface area contributed by atoms with E-state index >= 15 is 0 Å². The van der Waals surface area contributed by atoms with Crippen LogP contribution in [-0.4, -0.2) is 55.6 Å². The SMILES string of the molecule is COCCc1noc(C(CCS(C)(=O)=O)N=Cc2c(O)c3ccccc3oc2=O)n1. The Labute approximate surface area is 172 Å². The average molecular weight is 435 g/mol. The van der Waals surface area contributed by atoms with Crippen LogP contribution < -0.4 is 5.63 Å². The summed E-state index contributed by atoms with van der Waals surface area (Å²) in [5.41, 5.74) is -0.689. The molecule has 0 saturated carbocycles. The van der Waals surface area contributed by atoms with Gasteiger partial charge in [-0.05, 0) is 18.6 Å². The van der Waals surface area contributed by atoms with E-state index in [0.29, 0.717) is 24.2 Å². The third-order valence-electron chi connectivity index (χ3n) is 4.26. The van der Waals surface area contributed by atoms with Crippen molar-refractivity contribution in [1.82, 2.24) is 10.1 Å². The van der Waals surface area contributed by atoms with Crippen LogP contribution in [0.4, 0.5) is 0 Å². The first-order valence-electron chi connectivity index (χ1n) is 9.05. The van der Waals surface area contributed by atoms with Crippen molar-refractivity contribution >= 4 is 27.0 Å². The van der Waals surface area contributed by atoms with Crippen LogP contribution in [0.5, 0.6) is 5.75 Å². The van der Waals surface area contributed by atoms with Crippen molar-refractivity contribution in [3.63, 3.8) is 0 Å². The van der Waals surface area contributed by atoms with Crippen molar-refractivity contribution in [1.29, 1.82) is 0 Å². The molecular formula is C19H21N3O7S. The summed E-state index contributed by atoms with van der Waals surface area (Å²) in [7, 11) is -1.73. The predicted molar refractivity (Wildman–Crippen MR) is 109 cm³/mol. The molecule has 3 rings (SSSR count). The van der Waals surface area contributed by atoms with Crippen molar-refractivity contribution in [2.75, 3.05) is 25.7 Å². The van der Waals surface area contributed by atoms with Gasteiger partial charge in [0.25, 0.3) is 5.89 Å². The fourth-order valence-electron chi connectivity index (χ4n) is 2.71. The molecule has 0 aliphatic carbocycles. The number of hydrogen-bond acceptors (Lipinski definition) is 10. The van der Waals surface area contributed by atoms with Crippen LogP contribution in [0.25, 0.3) is 11.0 Å². The van der Waals surface area contributed by atoms with Gasteiger partial charge in [0.1, 0.15) is 32.8 Å².